The number of methoxy groups -OCH3 is 2. The molecule has 1 aliphatic heterocycles. The van der Waals surface area contributed by atoms with Crippen LogP contribution < -0.4 is 29.1 Å². The Morgan fingerprint density at radius 2 is 1.88 bits per heavy atom. The Morgan fingerprint density at radius 3 is 2.55 bits per heavy atom. The molecule has 13 heteroatoms. The van der Waals surface area contributed by atoms with Crippen molar-refractivity contribution in [2.24, 2.45) is 4.99 Å². The van der Waals surface area contributed by atoms with E-state index >= 15 is 0 Å². The van der Waals surface area contributed by atoms with Gasteiger partial charge in [0.05, 0.1) is 52.8 Å². The van der Waals surface area contributed by atoms with E-state index in [1.165, 1.54) is 23.0 Å². The van der Waals surface area contributed by atoms with Crippen LogP contribution in [0, 0.1) is 3.57 Å². The lowest BCUT2D eigenvalue weighted by Crippen LogP contribution is -2.40. The highest BCUT2D eigenvalue weighted by Gasteiger charge is 2.34. The highest BCUT2D eigenvalue weighted by molar-refractivity contribution is 14.1. The Kier molecular flexibility index (Phi) is 10.5. The molecular weight excluding hydrogens is 743 g/mol. The van der Waals surface area contributed by atoms with E-state index in [-0.39, 0.29) is 24.3 Å². The number of allylic oxidation sites excluding steroid dienone is 1. The number of ether oxygens (including phenoxy) is 5. The number of aromatic nitrogens is 1. The largest absolute Gasteiger partial charge is 0.495 e. The number of hydrogen-bond acceptors (Lipinski definition) is 10. The number of carbonyl (C=O) groups excluding carboxylic acids is 2. The van der Waals surface area contributed by atoms with Crippen LogP contribution in [-0.4, -0.2) is 50.5 Å². The first-order chi connectivity index (χ1) is 20.1. The van der Waals surface area contributed by atoms with Gasteiger partial charge in [0.1, 0.15) is 5.75 Å². The van der Waals surface area contributed by atoms with Crippen LogP contribution in [-0.2, 0) is 19.1 Å². The zero-order valence-electron chi connectivity index (χ0n) is 23.5. The summed E-state index contributed by atoms with van der Waals surface area (Å²) in [6.45, 7) is 5.40. The molecule has 3 aromatic rings. The predicted molar refractivity (Wildman–Crippen MR) is 169 cm³/mol. The summed E-state index contributed by atoms with van der Waals surface area (Å²) in [5.74, 6) is 0.160. The van der Waals surface area contributed by atoms with E-state index in [9.17, 15) is 14.4 Å². The molecule has 1 aliphatic rings. The first-order valence-electron chi connectivity index (χ1n) is 12.8. The topological polar surface area (TPSA) is 115 Å². The minimum Gasteiger partial charge on any atom is -0.495 e. The van der Waals surface area contributed by atoms with Crippen molar-refractivity contribution in [2.75, 3.05) is 34.0 Å². The van der Waals surface area contributed by atoms with E-state index in [0.717, 1.165) is 8.04 Å². The van der Waals surface area contributed by atoms with Crippen LogP contribution in [0.15, 0.2) is 55.9 Å². The van der Waals surface area contributed by atoms with Gasteiger partial charge in [0.15, 0.2) is 22.9 Å². The maximum Gasteiger partial charge on any atom is 0.343 e. The zero-order valence-corrected chi connectivity index (χ0v) is 28.0. The van der Waals surface area contributed by atoms with Crippen molar-refractivity contribution >= 4 is 67.9 Å². The number of halogens is 2. The third-order valence-corrected chi connectivity index (χ3v) is 8.44. The van der Waals surface area contributed by atoms with E-state index in [2.05, 4.69) is 48.3 Å². The molecule has 0 saturated carbocycles. The molecule has 0 spiro atoms. The van der Waals surface area contributed by atoms with E-state index in [4.69, 9.17) is 18.9 Å². The lowest BCUT2D eigenvalue weighted by atomic mass is 9.95. The molecule has 2 heterocycles. The molecule has 0 saturated heterocycles. The number of nitrogens with zero attached hydrogens (tertiary/aromatic N) is 2. The van der Waals surface area contributed by atoms with Crippen LogP contribution in [0.2, 0.25) is 0 Å². The Morgan fingerprint density at radius 1 is 1.12 bits per heavy atom. The van der Waals surface area contributed by atoms with Gasteiger partial charge in [-0.2, -0.15) is 0 Å². The summed E-state index contributed by atoms with van der Waals surface area (Å²) in [6, 6.07) is 7.96. The Balaban J connectivity index is 1.94. The van der Waals surface area contributed by atoms with Gasteiger partial charge in [-0.15, -0.1) is 0 Å². The third kappa shape index (κ3) is 6.57. The number of thiazole rings is 1. The lowest BCUT2D eigenvalue weighted by molar-refractivity contribution is -0.143. The predicted octanol–water partition coefficient (Wildman–Crippen LogP) is 4.12. The average Bonchev–Trinajstić information content (AvgIpc) is 3.25. The fraction of sp³-hybridized carbons (Fsp3) is 0.310. The summed E-state index contributed by atoms with van der Waals surface area (Å²) in [4.78, 5) is 44.0. The molecule has 0 fully saturated rings. The summed E-state index contributed by atoms with van der Waals surface area (Å²) < 4.78 is 30.7. The molecule has 0 N–H and O–H groups in total. The van der Waals surface area contributed by atoms with Crippen LogP contribution in [0.1, 0.15) is 37.9 Å². The zero-order chi connectivity index (χ0) is 30.6. The Labute approximate surface area is 267 Å². The molecule has 4 rings (SSSR count). The standard InChI is InChI=1S/C29H28BrIN2O8S/c1-6-39-21-11-16(8-9-20(21)41-14-23(34)37-4)25-24(28(36)40-7-2)15(3)32-29-33(25)27(35)22(42-29)12-17-10-18(30)13-19(31)26(17)38-5/h8-13,25H,6-7,14H2,1-5H3/b22-12+/t25-/m0/s1. The summed E-state index contributed by atoms with van der Waals surface area (Å²) in [7, 11) is 2.85. The first kappa shape index (κ1) is 31.8. The molecule has 0 amide bonds. The van der Waals surface area contributed by atoms with Crippen LogP contribution in [0.25, 0.3) is 6.08 Å². The van der Waals surface area contributed by atoms with E-state index in [1.807, 2.05) is 19.1 Å². The Hall–Kier alpha value is -3.17. The normalized spacial score (nSPS) is 14.6. The van der Waals surface area contributed by atoms with Crippen molar-refractivity contribution in [3.05, 3.63) is 80.5 Å². The number of esters is 2. The Bertz CT molecular complexity index is 1750. The summed E-state index contributed by atoms with van der Waals surface area (Å²) >= 11 is 6.90. The average molecular weight is 771 g/mol. The molecule has 0 bridgehead atoms. The van der Waals surface area contributed by atoms with E-state index in [0.29, 0.717) is 50.0 Å². The van der Waals surface area contributed by atoms with Crippen LogP contribution >= 0.6 is 49.9 Å². The molecule has 0 radical (unpaired) electrons. The maximum atomic E-state index is 14.0. The van der Waals surface area contributed by atoms with Crippen molar-refractivity contribution in [3.8, 4) is 17.2 Å². The van der Waals surface area contributed by atoms with Gasteiger partial charge in [-0.05, 0) is 79.3 Å². The monoisotopic (exact) mass is 770 g/mol. The number of hydrogen-bond donors (Lipinski definition) is 0. The van der Waals surface area contributed by atoms with Crippen molar-refractivity contribution in [1.82, 2.24) is 4.57 Å². The number of rotatable bonds is 10. The molecule has 0 unspecified atom stereocenters. The van der Waals surface area contributed by atoms with Crippen molar-refractivity contribution in [1.29, 1.82) is 0 Å². The van der Waals surface area contributed by atoms with Crippen molar-refractivity contribution in [3.63, 3.8) is 0 Å². The van der Waals surface area contributed by atoms with Gasteiger partial charge >= 0.3 is 11.9 Å². The van der Waals surface area contributed by atoms with Gasteiger partial charge in [0.2, 0.25) is 0 Å². The molecule has 0 aliphatic carbocycles. The van der Waals surface area contributed by atoms with Crippen molar-refractivity contribution in [2.45, 2.75) is 26.8 Å². The molecule has 1 atom stereocenters. The van der Waals surface area contributed by atoms with Crippen LogP contribution in [0.3, 0.4) is 0 Å². The maximum absolute atomic E-state index is 14.0. The highest BCUT2D eigenvalue weighted by atomic mass is 127. The lowest BCUT2D eigenvalue weighted by Gasteiger charge is -2.25. The van der Waals surface area contributed by atoms with Gasteiger partial charge in [-0.25, -0.2) is 14.6 Å². The van der Waals surface area contributed by atoms with Crippen LogP contribution in [0.5, 0.6) is 17.2 Å². The van der Waals surface area contributed by atoms with Gasteiger partial charge in [0, 0.05) is 10.0 Å². The molecular formula is C29H28BrIN2O8S. The van der Waals surface area contributed by atoms with Gasteiger partial charge in [-0.3, -0.25) is 9.36 Å². The van der Waals surface area contributed by atoms with E-state index in [1.54, 1.807) is 45.2 Å². The molecule has 10 nitrogen and oxygen atoms in total. The first-order valence-corrected chi connectivity index (χ1v) is 15.5. The number of benzene rings is 2. The summed E-state index contributed by atoms with van der Waals surface area (Å²) in [5.41, 5.74) is 1.62. The summed E-state index contributed by atoms with van der Waals surface area (Å²) in [6.07, 6.45) is 1.76. The second-order valence-electron chi connectivity index (χ2n) is 8.82. The fourth-order valence-electron chi connectivity index (χ4n) is 4.43. The quantitative estimate of drug-likeness (QED) is 0.224. The second-order valence-corrected chi connectivity index (χ2v) is 11.9. The smallest absolute Gasteiger partial charge is 0.343 e. The minimum atomic E-state index is -0.860. The SMILES string of the molecule is CCOC(=O)C1=C(C)N=c2s/c(=C/c3cc(Br)cc(I)c3OC)c(=O)n2[C@H]1c1ccc(OCC(=O)OC)c(OCC)c1. The molecule has 222 valence electrons. The molecule has 1 aromatic heterocycles. The van der Waals surface area contributed by atoms with Crippen molar-refractivity contribution < 1.29 is 33.3 Å². The highest BCUT2D eigenvalue weighted by Crippen LogP contribution is 2.36. The third-order valence-electron chi connectivity index (χ3n) is 6.20. The van der Waals surface area contributed by atoms with Gasteiger partial charge < -0.3 is 23.7 Å². The minimum absolute atomic E-state index is 0.151. The summed E-state index contributed by atoms with van der Waals surface area (Å²) in [5, 5.41) is 0. The number of fused-ring (bicyclic) bond motifs is 1. The van der Waals surface area contributed by atoms with Gasteiger partial charge in [0.25, 0.3) is 5.56 Å². The molecule has 42 heavy (non-hydrogen) atoms. The number of carbonyl (C=O) groups is 2. The second kappa shape index (κ2) is 13.9. The molecule has 2 aromatic carbocycles. The van der Waals surface area contributed by atoms with Gasteiger partial charge in [-0.1, -0.05) is 33.3 Å². The van der Waals surface area contributed by atoms with E-state index < -0.39 is 18.0 Å². The van der Waals surface area contributed by atoms with Crippen LogP contribution in [0.4, 0.5) is 0 Å². The fourth-order valence-corrected chi connectivity index (χ4v) is 7.24.